The van der Waals surface area contributed by atoms with Crippen LogP contribution in [-0.2, 0) is 11.3 Å². The highest BCUT2D eigenvalue weighted by Gasteiger charge is 2.25. The first-order valence-corrected chi connectivity index (χ1v) is 8.13. The van der Waals surface area contributed by atoms with Gasteiger partial charge in [0.1, 0.15) is 17.7 Å². The second-order valence-corrected chi connectivity index (χ2v) is 6.23. The van der Waals surface area contributed by atoms with E-state index >= 15 is 0 Å². The largest absolute Gasteiger partial charge is 0.346 e. The first-order valence-electron chi connectivity index (χ1n) is 8.13. The number of halogens is 1. The lowest BCUT2D eigenvalue weighted by molar-refractivity contribution is -0.131. The van der Waals surface area contributed by atoms with Crippen molar-refractivity contribution in [3.8, 4) is 6.07 Å². The molecule has 128 valence electrons. The van der Waals surface area contributed by atoms with Crippen molar-refractivity contribution in [2.75, 3.05) is 24.5 Å². The second-order valence-electron chi connectivity index (χ2n) is 6.23. The van der Waals surface area contributed by atoms with Crippen molar-refractivity contribution in [1.82, 2.24) is 9.88 Å². The summed E-state index contributed by atoms with van der Waals surface area (Å²) in [5, 5.41) is 9.15. The summed E-state index contributed by atoms with van der Waals surface area (Å²) in [7, 11) is 0. The van der Waals surface area contributed by atoms with E-state index < -0.39 is 0 Å². The molecular weight excluding hydrogens is 319 g/mol. The molecule has 0 unspecified atom stereocenters. The monoisotopic (exact) mass is 338 g/mol. The number of anilines is 1. The van der Waals surface area contributed by atoms with Gasteiger partial charge in [-0.1, -0.05) is 12.1 Å². The Bertz CT molecular complexity index is 818. The number of aryl methyl sites for hydroxylation is 2. The van der Waals surface area contributed by atoms with Gasteiger partial charge in [0.05, 0.1) is 17.8 Å². The fourth-order valence-corrected chi connectivity index (χ4v) is 3.02. The Morgan fingerprint density at radius 1 is 1.24 bits per heavy atom. The molecule has 1 saturated heterocycles. The van der Waals surface area contributed by atoms with Gasteiger partial charge in [0, 0.05) is 19.6 Å². The number of piperazine rings is 1. The fraction of sp³-hybridized carbons (Fsp3) is 0.316. The van der Waals surface area contributed by atoms with Crippen molar-refractivity contribution in [3.63, 3.8) is 0 Å². The SMILES string of the molecule is Cc1cc(N2CCN(Cc3ccc(F)cc3)C(=O)C2)nc(C)c1C#N. The first-order chi connectivity index (χ1) is 12.0. The van der Waals surface area contributed by atoms with Crippen LogP contribution in [0.3, 0.4) is 0 Å². The summed E-state index contributed by atoms with van der Waals surface area (Å²) >= 11 is 0. The number of aromatic nitrogens is 1. The van der Waals surface area contributed by atoms with Gasteiger partial charge in [0.25, 0.3) is 0 Å². The zero-order chi connectivity index (χ0) is 18.0. The van der Waals surface area contributed by atoms with Gasteiger partial charge in [0.15, 0.2) is 0 Å². The maximum atomic E-state index is 13.0. The molecule has 25 heavy (non-hydrogen) atoms. The normalized spacial score (nSPS) is 14.6. The lowest BCUT2D eigenvalue weighted by Crippen LogP contribution is -2.50. The smallest absolute Gasteiger partial charge is 0.242 e. The Balaban J connectivity index is 1.70. The maximum Gasteiger partial charge on any atom is 0.242 e. The van der Waals surface area contributed by atoms with Crippen LogP contribution >= 0.6 is 0 Å². The zero-order valence-corrected chi connectivity index (χ0v) is 14.3. The standard InChI is InChI=1S/C19H19FN4O/c1-13-9-18(22-14(2)17(13)10-21)23-7-8-24(19(25)12-23)11-15-3-5-16(20)6-4-15/h3-6,9H,7-8,11-12H2,1-2H3. The van der Waals surface area contributed by atoms with Crippen LogP contribution < -0.4 is 4.90 Å². The summed E-state index contributed by atoms with van der Waals surface area (Å²) in [6.45, 7) is 5.66. The van der Waals surface area contributed by atoms with Crippen LogP contribution in [0.15, 0.2) is 30.3 Å². The Labute approximate surface area is 146 Å². The van der Waals surface area contributed by atoms with Crippen LogP contribution in [0.5, 0.6) is 0 Å². The molecular formula is C19H19FN4O. The number of hydrogen-bond donors (Lipinski definition) is 0. The molecule has 1 fully saturated rings. The van der Waals surface area contributed by atoms with Crippen LogP contribution in [0.2, 0.25) is 0 Å². The van der Waals surface area contributed by atoms with Crippen molar-refractivity contribution in [1.29, 1.82) is 5.26 Å². The number of nitrogens with zero attached hydrogens (tertiary/aromatic N) is 4. The van der Waals surface area contributed by atoms with Crippen molar-refractivity contribution >= 4 is 11.7 Å². The van der Waals surface area contributed by atoms with Crippen LogP contribution in [-0.4, -0.2) is 35.4 Å². The van der Waals surface area contributed by atoms with Crippen molar-refractivity contribution in [3.05, 3.63) is 58.5 Å². The fourth-order valence-electron chi connectivity index (χ4n) is 3.02. The number of hydrogen-bond acceptors (Lipinski definition) is 4. The Kier molecular flexibility index (Phi) is 4.66. The Hall–Kier alpha value is -2.94. The van der Waals surface area contributed by atoms with Crippen LogP contribution in [0.4, 0.5) is 10.2 Å². The molecule has 2 aromatic rings. The molecule has 1 amide bonds. The Morgan fingerprint density at radius 3 is 2.56 bits per heavy atom. The van der Waals surface area contributed by atoms with Crippen LogP contribution in [0, 0.1) is 31.0 Å². The lowest BCUT2D eigenvalue weighted by Gasteiger charge is -2.35. The number of benzene rings is 1. The highest BCUT2D eigenvalue weighted by molar-refractivity contribution is 5.82. The molecule has 0 atom stereocenters. The second kappa shape index (κ2) is 6.89. The molecule has 0 saturated carbocycles. The van der Waals surface area contributed by atoms with E-state index in [1.807, 2.05) is 24.8 Å². The molecule has 5 nitrogen and oxygen atoms in total. The summed E-state index contributed by atoms with van der Waals surface area (Å²) in [5.74, 6) is 0.457. The van der Waals surface area contributed by atoms with Crippen molar-refractivity contribution in [2.24, 2.45) is 0 Å². The number of rotatable bonds is 3. The van der Waals surface area contributed by atoms with E-state index in [4.69, 9.17) is 5.26 Å². The molecule has 0 aliphatic carbocycles. The highest BCUT2D eigenvalue weighted by Crippen LogP contribution is 2.21. The molecule has 1 aromatic heterocycles. The van der Waals surface area contributed by atoms with Gasteiger partial charge in [-0.3, -0.25) is 4.79 Å². The molecule has 1 aliphatic rings. The number of pyridine rings is 1. The van der Waals surface area contributed by atoms with Crippen molar-refractivity contribution < 1.29 is 9.18 Å². The van der Waals surface area contributed by atoms with E-state index in [1.54, 1.807) is 17.0 Å². The molecule has 1 aliphatic heterocycles. The van der Waals surface area contributed by atoms with E-state index in [2.05, 4.69) is 11.1 Å². The third kappa shape index (κ3) is 3.61. The van der Waals surface area contributed by atoms with Gasteiger partial charge < -0.3 is 9.80 Å². The molecule has 0 N–H and O–H groups in total. The molecule has 6 heteroatoms. The van der Waals surface area contributed by atoms with E-state index in [1.165, 1.54) is 12.1 Å². The molecule has 0 bridgehead atoms. The molecule has 2 heterocycles. The highest BCUT2D eigenvalue weighted by atomic mass is 19.1. The molecule has 0 spiro atoms. The summed E-state index contributed by atoms with van der Waals surface area (Å²) < 4.78 is 13.0. The van der Waals surface area contributed by atoms with E-state index in [-0.39, 0.29) is 18.3 Å². The zero-order valence-electron chi connectivity index (χ0n) is 14.3. The van der Waals surface area contributed by atoms with Gasteiger partial charge >= 0.3 is 0 Å². The first kappa shape index (κ1) is 16.9. The van der Waals surface area contributed by atoms with Gasteiger partial charge in [-0.15, -0.1) is 0 Å². The van der Waals surface area contributed by atoms with Gasteiger partial charge in [0.2, 0.25) is 5.91 Å². The predicted molar refractivity (Wildman–Crippen MR) is 92.5 cm³/mol. The number of carbonyl (C=O) groups excluding carboxylic acids is 1. The average molecular weight is 338 g/mol. The number of amides is 1. The third-order valence-electron chi connectivity index (χ3n) is 4.43. The van der Waals surface area contributed by atoms with Crippen molar-refractivity contribution in [2.45, 2.75) is 20.4 Å². The minimum atomic E-state index is -0.280. The lowest BCUT2D eigenvalue weighted by atomic mass is 10.1. The maximum absolute atomic E-state index is 13.0. The third-order valence-corrected chi connectivity index (χ3v) is 4.43. The van der Waals surface area contributed by atoms with Gasteiger partial charge in [-0.2, -0.15) is 5.26 Å². The van der Waals surface area contributed by atoms with Gasteiger partial charge in [-0.05, 0) is 43.2 Å². The molecule has 0 radical (unpaired) electrons. The molecule has 1 aromatic carbocycles. The van der Waals surface area contributed by atoms with Gasteiger partial charge in [-0.25, -0.2) is 9.37 Å². The van der Waals surface area contributed by atoms with E-state index in [0.717, 1.165) is 16.9 Å². The van der Waals surface area contributed by atoms with Crippen LogP contribution in [0.25, 0.3) is 0 Å². The summed E-state index contributed by atoms with van der Waals surface area (Å²) in [5.41, 5.74) is 3.04. The Morgan fingerprint density at radius 2 is 1.96 bits per heavy atom. The summed E-state index contributed by atoms with van der Waals surface area (Å²) in [6, 6.07) is 10.2. The average Bonchev–Trinajstić information content (AvgIpc) is 2.58. The van der Waals surface area contributed by atoms with Crippen LogP contribution in [0.1, 0.15) is 22.4 Å². The minimum Gasteiger partial charge on any atom is -0.346 e. The topological polar surface area (TPSA) is 60.2 Å². The number of carbonyl (C=O) groups is 1. The van der Waals surface area contributed by atoms with E-state index in [0.29, 0.717) is 30.9 Å². The summed E-state index contributed by atoms with van der Waals surface area (Å²) in [4.78, 5) is 20.7. The minimum absolute atomic E-state index is 0.0111. The number of nitriles is 1. The predicted octanol–water partition coefficient (Wildman–Crippen LogP) is 2.56. The molecule has 3 rings (SSSR count). The summed E-state index contributed by atoms with van der Waals surface area (Å²) in [6.07, 6.45) is 0. The quantitative estimate of drug-likeness (QED) is 0.863. The van der Waals surface area contributed by atoms with E-state index in [9.17, 15) is 9.18 Å².